The van der Waals surface area contributed by atoms with Crippen LogP contribution in [0.5, 0.6) is 0 Å². The lowest BCUT2D eigenvalue weighted by molar-refractivity contribution is 0.0950. The Hall–Kier alpha value is -3.33. The second-order valence-corrected chi connectivity index (χ2v) is 7.18. The maximum Gasteiger partial charge on any atom is 0.261 e. The van der Waals surface area contributed by atoms with Crippen LogP contribution in [0.25, 0.3) is 17.1 Å². The molecule has 1 saturated carbocycles. The van der Waals surface area contributed by atoms with E-state index in [1.807, 2.05) is 12.1 Å². The molecule has 1 fully saturated rings. The van der Waals surface area contributed by atoms with Crippen molar-refractivity contribution in [2.45, 2.75) is 25.3 Å². The Morgan fingerprint density at radius 1 is 1.31 bits per heavy atom. The third-order valence-electron chi connectivity index (χ3n) is 4.70. The number of aromatic nitrogens is 5. The molecule has 0 bridgehead atoms. The van der Waals surface area contributed by atoms with Crippen LogP contribution in [-0.4, -0.2) is 30.6 Å². The number of hydrogen-bond donors (Lipinski definition) is 1. The number of halogens is 2. The van der Waals surface area contributed by atoms with Crippen molar-refractivity contribution in [1.29, 1.82) is 0 Å². The number of pyridine rings is 1. The summed E-state index contributed by atoms with van der Waals surface area (Å²) < 4.78 is 20.3. The topological polar surface area (TPSA) is 98.2 Å². The van der Waals surface area contributed by atoms with Crippen molar-refractivity contribution in [3.8, 4) is 11.5 Å². The van der Waals surface area contributed by atoms with Crippen molar-refractivity contribution in [3.63, 3.8) is 0 Å². The van der Waals surface area contributed by atoms with E-state index in [0.29, 0.717) is 34.7 Å². The first kappa shape index (κ1) is 17.7. The number of amides is 1. The average Bonchev–Trinajstić information content (AvgIpc) is 3.29. The first-order valence-corrected chi connectivity index (χ1v) is 9.38. The van der Waals surface area contributed by atoms with E-state index < -0.39 is 11.7 Å². The predicted molar refractivity (Wildman–Crippen MR) is 101 cm³/mol. The Morgan fingerprint density at radius 2 is 2.17 bits per heavy atom. The molecular weight excluding hydrogens is 399 g/mol. The van der Waals surface area contributed by atoms with E-state index in [1.54, 1.807) is 10.6 Å². The molecule has 1 amide bonds. The van der Waals surface area contributed by atoms with Crippen molar-refractivity contribution < 1.29 is 13.7 Å². The fraction of sp³-hybridized carbons (Fsp3) is 0.211. The van der Waals surface area contributed by atoms with E-state index in [0.717, 1.165) is 18.9 Å². The third kappa shape index (κ3) is 3.33. The van der Waals surface area contributed by atoms with Crippen molar-refractivity contribution in [2.75, 3.05) is 0 Å². The maximum absolute atomic E-state index is 13.2. The van der Waals surface area contributed by atoms with Crippen LogP contribution < -0.4 is 5.32 Å². The van der Waals surface area contributed by atoms with Crippen LogP contribution in [0.1, 0.15) is 40.8 Å². The Balaban J connectivity index is 1.39. The van der Waals surface area contributed by atoms with E-state index in [4.69, 9.17) is 16.1 Å². The maximum atomic E-state index is 13.2. The van der Waals surface area contributed by atoms with Crippen molar-refractivity contribution >= 4 is 23.2 Å². The molecule has 146 valence electrons. The van der Waals surface area contributed by atoms with E-state index in [2.05, 4.69) is 25.7 Å². The van der Waals surface area contributed by atoms with Gasteiger partial charge in [0.05, 0.1) is 22.7 Å². The molecule has 4 aromatic rings. The van der Waals surface area contributed by atoms with Crippen LogP contribution in [-0.2, 0) is 6.54 Å². The molecule has 5 rings (SSSR count). The van der Waals surface area contributed by atoms with Crippen LogP contribution in [0.2, 0.25) is 5.02 Å². The summed E-state index contributed by atoms with van der Waals surface area (Å²) in [4.78, 5) is 16.8. The zero-order chi connectivity index (χ0) is 20.0. The number of benzene rings is 1. The van der Waals surface area contributed by atoms with Gasteiger partial charge in [-0.2, -0.15) is 4.98 Å². The van der Waals surface area contributed by atoms with Gasteiger partial charge in [0.25, 0.3) is 11.8 Å². The van der Waals surface area contributed by atoms with Crippen LogP contribution in [0.15, 0.2) is 41.1 Å². The number of hydrogen-bond acceptors (Lipinski definition) is 6. The monoisotopic (exact) mass is 412 g/mol. The molecule has 0 atom stereocenters. The highest BCUT2D eigenvalue weighted by atomic mass is 35.5. The van der Waals surface area contributed by atoms with Gasteiger partial charge in [0, 0.05) is 12.1 Å². The van der Waals surface area contributed by atoms with Gasteiger partial charge in [-0.05, 0) is 43.2 Å². The van der Waals surface area contributed by atoms with Crippen LogP contribution >= 0.6 is 11.6 Å². The zero-order valence-corrected chi connectivity index (χ0v) is 15.7. The lowest BCUT2D eigenvalue weighted by atomic mass is 10.2. The van der Waals surface area contributed by atoms with Crippen LogP contribution in [0, 0.1) is 5.82 Å². The summed E-state index contributed by atoms with van der Waals surface area (Å²) in [5, 5.41) is 15.2. The highest BCUT2D eigenvalue weighted by Crippen LogP contribution is 2.39. The molecule has 10 heteroatoms. The fourth-order valence-electron chi connectivity index (χ4n) is 3.03. The number of nitrogens with one attached hydrogen (secondary N) is 1. The first-order valence-electron chi connectivity index (χ1n) is 9.00. The first-order chi connectivity index (χ1) is 14.1. The van der Waals surface area contributed by atoms with Crippen molar-refractivity contribution in [3.05, 3.63) is 64.6 Å². The largest absolute Gasteiger partial charge is 0.345 e. The van der Waals surface area contributed by atoms with Crippen molar-refractivity contribution in [2.24, 2.45) is 0 Å². The Kier molecular flexibility index (Phi) is 4.24. The zero-order valence-electron chi connectivity index (χ0n) is 15.0. The number of fused-ring (bicyclic) bond motifs is 1. The molecule has 0 unspecified atom stereocenters. The predicted octanol–water partition coefficient (Wildman–Crippen LogP) is 3.38. The highest BCUT2D eigenvalue weighted by Gasteiger charge is 2.29. The average molecular weight is 413 g/mol. The Bertz CT molecular complexity index is 1230. The van der Waals surface area contributed by atoms with Gasteiger partial charge in [-0.3, -0.25) is 9.20 Å². The smallest absolute Gasteiger partial charge is 0.261 e. The molecule has 8 nitrogen and oxygen atoms in total. The number of carbonyl (C=O) groups is 1. The van der Waals surface area contributed by atoms with Gasteiger partial charge in [0.2, 0.25) is 0 Å². The summed E-state index contributed by atoms with van der Waals surface area (Å²) in [7, 11) is 0. The van der Waals surface area contributed by atoms with Gasteiger partial charge in [-0.25, -0.2) is 4.39 Å². The van der Waals surface area contributed by atoms with Crippen LogP contribution in [0.4, 0.5) is 4.39 Å². The van der Waals surface area contributed by atoms with Gasteiger partial charge in [0.1, 0.15) is 5.82 Å². The van der Waals surface area contributed by atoms with E-state index in [-0.39, 0.29) is 17.1 Å². The second kappa shape index (κ2) is 6.93. The fourth-order valence-corrected chi connectivity index (χ4v) is 3.28. The van der Waals surface area contributed by atoms with Crippen LogP contribution in [0.3, 0.4) is 0 Å². The standard InChI is InChI=1S/C19H14ClFN6O2/c20-14-8-11(21)5-6-12(14)18(28)22-9-15-24-25-17-13(2-1-7-27(15)17)19-23-16(26-29-19)10-3-4-10/h1-2,5-8,10H,3-4,9H2,(H,22,28). The minimum atomic E-state index is -0.506. The second-order valence-electron chi connectivity index (χ2n) is 6.77. The summed E-state index contributed by atoms with van der Waals surface area (Å²) in [5.74, 6) is 1.05. The van der Waals surface area contributed by atoms with Crippen molar-refractivity contribution in [1.82, 2.24) is 30.1 Å². The van der Waals surface area contributed by atoms with E-state index >= 15 is 0 Å². The lowest BCUT2D eigenvalue weighted by Crippen LogP contribution is -2.24. The summed E-state index contributed by atoms with van der Waals surface area (Å²) in [6.45, 7) is 0.105. The summed E-state index contributed by atoms with van der Waals surface area (Å²) in [5.41, 5.74) is 1.39. The van der Waals surface area contributed by atoms with Gasteiger partial charge in [-0.1, -0.05) is 16.8 Å². The Labute approximate surface area is 168 Å². The molecule has 3 aromatic heterocycles. The van der Waals surface area contributed by atoms with E-state index in [9.17, 15) is 9.18 Å². The summed E-state index contributed by atoms with van der Waals surface area (Å²) in [6.07, 6.45) is 3.94. The highest BCUT2D eigenvalue weighted by molar-refractivity contribution is 6.33. The molecule has 0 aliphatic heterocycles. The lowest BCUT2D eigenvalue weighted by Gasteiger charge is -2.06. The van der Waals surface area contributed by atoms with Gasteiger partial charge in [0.15, 0.2) is 17.3 Å². The molecule has 0 saturated heterocycles. The minimum Gasteiger partial charge on any atom is -0.345 e. The molecule has 1 N–H and O–H groups in total. The summed E-state index contributed by atoms with van der Waals surface area (Å²) >= 11 is 5.94. The quantitative estimate of drug-likeness (QED) is 0.539. The van der Waals surface area contributed by atoms with Gasteiger partial charge >= 0.3 is 0 Å². The molecule has 1 aliphatic rings. The summed E-state index contributed by atoms with van der Waals surface area (Å²) in [6, 6.07) is 7.25. The third-order valence-corrected chi connectivity index (χ3v) is 5.02. The van der Waals surface area contributed by atoms with Gasteiger partial charge in [-0.15, -0.1) is 10.2 Å². The number of rotatable bonds is 5. The number of nitrogens with zero attached hydrogens (tertiary/aromatic N) is 5. The molecule has 1 aromatic carbocycles. The van der Waals surface area contributed by atoms with Gasteiger partial charge < -0.3 is 9.84 Å². The van der Waals surface area contributed by atoms with E-state index in [1.165, 1.54) is 12.1 Å². The molecule has 29 heavy (non-hydrogen) atoms. The molecular formula is C19H14ClFN6O2. The molecule has 0 radical (unpaired) electrons. The number of carbonyl (C=O) groups excluding carboxylic acids is 1. The minimum absolute atomic E-state index is 0.0405. The molecule has 3 heterocycles. The molecule has 1 aliphatic carbocycles. The molecule has 0 spiro atoms. The SMILES string of the molecule is O=C(NCc1nnc2c(-c3nc(C4CC4)no3)cccn12)c1ccc(F)cc1Cl. The normalized spacial score (nSPS) is 13.7. The Morgan fingerprint density at radius 3 is 2.97 bits per heavy atom.